The van der Waals surface area contributed by atoms with Crippen LogP contribution in [-0.2, 0) is 4.74 Å². The predicted molar refractivity (Wildman–Crippen MR) is 150 cm³/mol. The van der Waals surface area contributed by atoms with Crippen molar-refractivity contribution in [3.05, 3.63) is 76.5 Å². The van der Waals surface area contributed by atoms with Crippen LogP contribution in [0.1, 0.15) is 10.4 Å². The van der Waals surface area contributed by atoms with Gasteiger partial charge in [-0.3, -0.25) is 9.78 Å². The Kier molecular flexibility index (Phi) is 6.93. The van der Waals surface area contributed by atoms with Crippen LogP contribution in [0.25, 0.3) is 22.2 Å². The van der Waals surface area contributed by atoms with Gasteiger partial charge in [-0.2, -0.15) is 0 Å². The minimum absolute atomic E-state index is 0.195. The topological polar surface area (TPSA) is 79.8 Å². The van der Waals surface area contributed by atoms with E-state index in [0.29, 0.717) is 67.6 Å². The predicted octanol–water partition coefficient (Wildman–Crippen LogP) is 5.03. The summed E-state index contributed by atoms with van der Waals surface area (Å²) in [5.41, 5.74) is 4.43. The number of amides is 1. The molecule has 0 radical (unpaired) electrons. The number of rotatable bonds is 5. The first kappa shape index (κ1) is 24.7. The summed E-state index contributed by atoms with van der Waals surface area (Å²) in [5.74, 6) is 0.621. The largest absolute Gasteiger partial charge is 0.490 e. The second-order valence-electron chi connectivity index (χ2n) is 9.06. The first-order chi connectivity index (χ1) is 18.6. The van der Waals surface area contributed by atoms with E-state index in [4.69, 9.17) is 37.7 Å². The third kappa shape index (κ3) is 4.82. The number of carbonyl (C=O) groups excluding carboxylic acids is 1. The van der Waals surface area contributed by atoms with E-state index in [1.54, 1.807) is 18.3 Å². The maximum absolute atomic E-state index is 13.6. The molecule has 38 heavy (non-hydrogen) atoms. The lowest BCUT2D eigenvalue weighted by atomic mass is 10.0. The molecule has 1 fully saturated rings. The Bertz CT molecular complexity index is 1490. The second kappa shape index (κ2) is 10.6. The van der Waals surface area contributed by atoms with E-state index in [1.807, 2.05) is 42.5 Å². The van der Waals surface area contributed by atoms with Gasteiger partial charge in [0.1, 0.15) is 17.5 Å². The van der Waals surface area contributed by atoms with E-state index < -0.39 is 0 Å². The van der Waals surface area contributed by atoms with Gasteiger partial charge in [0, 0.05) is 35.3 Å². The number of carbonyl (C=O) groups is 1. The molecule has 0 atom stereocenters. The van der Waals surface area contributed by atoms with Crippen LogP contribution >= 0.6 is 23.2 Å². The molecule has 8 nitrogen and oxygen atoms in total. The molecule has 2 aliphatic rings. The Labute approximate surface area is 230 Å². The second-order valence-corrected chi connectivity index (χ2v) is 9.88. The van der Waals surface area contributed by atoms with E-state index in [2.05, 4.69) is 20.1 Å². The van der Waals surface area contributed by atoms with Gasteiger partial charge >= 0.3 is 0 Å². The van der Waals surface area contributed by atoms with Crippen molar-refractivity contribution in [2.24, 2.45) is 0 Å². The van der Waals surface area contributed by atoms with E-state index in [0.717, 1.165) is 33.6 Å². The standard InChI is InChI=1S/C28H25Cl2N5O3/c29-18-14-22(33-25(30)15-18)19-4-3-5-20-26(19)31-16-21(27(20)34-8-11-37-12-9-34)28(36)32-17-35-10-13-38-24-7-2-1-6-23(24)35/h1-7,14-16H,8-13,17H2,(H,32,36). The number of hydrogen-bond acceptors (Lipinski definition) is 7. The van der Waals surface area contributed by atoms with Gasteiger partial charge in [0.25, 0.3) is 5.91 Å². The van der Waals surface area contributed by atoms with Crippen LogP contribution in [0.15, 0.2) is 60.8 Å². The molecule has 194 valence electrons. The summed E-state index contributed by atoms with van der Waals surface area (Å²) in [5, 5.41) is 4.75. The highest BCUT2D eigenvalue weighted by Gasteiger charge is 2.25. The fraction of sp³-hybridized carbons (Fsp3) is 0.250. The molecule has 2 aromatic heterocycles. The first-order valence-corrected chi connectivity index (χ1v) is 13.2. The highest BCUT2D eigenvalue weighted by atomic mass is 35.5. The zero-order chi connectivity index (χ0) is 26.1. The zero-order valence-corrected chi connectivity index (χ0v) is 22.0. The molecule has 0 aliphatic carbocycles. The van der Waals surface area contributed by atoms with Gasteiger partial charge in [0.2, 0.25) is 0 Å². The smallest absolute Gasteiger partial charge is 0.256 e. The SMILES string of the molecule is O=C(NCN1CCOc2ccccc21)c1cnc2c(-c3cc(Cl)cc(Cl)n3)cccc2c1N1CCOCC1. The molecule has 4 aromatic rings. The quantitative estimate of drug-likeness (QED) is 0.350. The average Bonchev–Trinajstić information content (AvgIpc) is 2.95. The van der Waals surface area contributed by atoms with Gasteiger partial charge in [-0.15, -0.1) is 0 Å². The Morgan fingerprint density at radius 1 is 1.00 bits per heavy atom. The van der Waals surface area contributed by atoms with Crippen molar-refractivity contribution < 1.29 is 14.3 Å². The number of morpholine rings is 1. The molecule has 0 bridgehead atoms. The van der Waals surface area contributed by atoms with Crippen LogP contribution in [-0.4, -0.2) is 62.0 Å². The Balaban J connectivity index is 1.38. The zero-order valence-electron chi connectivity index (χ0n) is 20.5. The molecule has 6 rings (SSSR count). The van der Waals surface area contributed by atoms with Crippen molar-refractivity contribution in [2.45, 2.75) is 0 Å². The van der Waals surface area contributed by atoms with Crippen LogP contribution in [0.5, 0.6) is 5.75 Å². The molecule has 2 aliphatic heterocycles. The molecule has 0 spiro atoms. The molecule has 1 amide bonds. The highest BCUT2D eigenvalue weighted by Crippen LogP contribution is 2.36. The number of benzene rings is 2. The van der Waals surface area contributed by atoms with E-state index in [1.165, 1.54) is 0 Å². The maximum Gasteiger partial charge on any atom is 0.256 e. The minimum Gasteiger partial charge on any atom is -0.490 e. The number of aromatic nitrogens is 2. The fourth-order valence-corrected chi connectivity index (χ4v) is 5.44. The molecule has 4 heterocycles. The average molecular weight is 550 g/mol. The third-order valence-electron chi connectivity index (χ3n) is 6.73. The third-order valence-corrected chi connectivity index (χ3v) is 7.14. The van der Waals surface area contributed by atoms with Crippen molar-refractivity contribution in [3.63, 3.8) is 0 Å². The van der Waals surface area contributed by atoms with Gasteiger partial charge in [-0.1, -0.05) is 53.5 Å². The normalized spacial score (nSPS) is 15.2. The Morgan fingerprint density at radius 3 is 2.68 bits per heavy atom. The summed E-state index contributed by atoms with van der Waals surface area (Å²) in [6.45, 7) is 4.10. The van der Waals surface area contributed by atoms with Gasteiger partial charge in [-0.05, 0) is 24.3 Å². The number of nitrogens with one attached hydrogen (secondary N) is 1. The van der Waals surface area contributed by atoms with Crippen molar-refractivity contribution in [1.29, 1.82) is 0 Å². The Hall–Kier alpha value is -3.59. The maximum atomic E-state index is 13.6. The first-order valence-electron chi connectivity index (χ1n) is 12.4. The molecule has 1 N–H and O–H groups in total. The summed E-state index contributed by atoms with van der Waals surface area (Å²) >= 11 is 12.5. The number of ether oxygens (including phenoxy) is 2. The molecule has 2 aromatic carbocycles. The summed E-state index contributed by atoms with van der Waals surface area (Å²) in [7, 11) is 0. The lowest BCUT2D eigenvalue weighted by molar-refractivity contribution is 0.0951. The number of para-hydroxylation sites is 3. The van der Waals surface area contributed by atoms with Gasteiger partial charge in [0.15, 0.2) is 0 Å². The fourth-order valence-electron chi connectivity index (χ4n) is 4.97. The number of halogens is 2. The summed E-state index contributed by atoms with van der Waals surface area (Å²) in [4.78, 5) is 27.1. The Morgan fingerprint density at radius 2 is 1.84 bits per heavy atom. The van der Waals surface area contributed by atoms with Gasteiger partial charge in [-0.25, -0.2) is 4.98 Å². The lowest BCUT2D eigenvalue weighted by Gasteiger charge is -2.32. The van der Waals surface area contributed by atoms with Crippen LogP contribution in [0, 0.1) is 0 Å². The molecular formula is C28H25Cl2N5O3. The lowest BCUT2D eigenvalue weighted by Crippen LogP contribution is -2.43. The molecule has 0 unspecified atom stereocenters. The van der Waals surface area contributed by atoms with Crippen LogP contribution in [0.4, 0.5) is 11.4 Å². The number of hydrogen-bond donors (Lipinski definition) is 1. The highest BCUT2D eigenvalue weighted by molar-refractivity contribution is 6.34. The number of nitrogens with zero attached hydrogens (tertiary/aromatic N) is 4. The molecule has 10 heteroatoms. The van der Waals surface area contributed by atoms with E-state index in [9.17, 15) is 4.79 Å². The molecule has 1 saturated heterocycles. The van der Waals surface area contributed by atoms with Crippen LogP contribution in [0.3, 0.4) is 0 Å². The van der Waals surface area contributed by atoms with E-state index in [-0.39, 0.29) is 5.91 Å². The summed E-state index contributed by atoms with van der Waals surface area (Å²) in [6.07, 6.45) is 1.64. The van der Waals surface area contributed by atoms with E-state index >= 15 is 0 Å². The van der Waals surface area contributed by atoms with Crippen molar-refractivity contribution >= 4 is 51.4 Å². The van der Waals surface area contributed by atoms with Crippen LogP contribution < -0.4 is 19.9 Å². The van der Waals surface area contributed by atoms with Crippen LogP contribution in [0.2, 0.25) is 10.2 Å². The van der Waals surface area contributed by atoms with Crippen molar-refractivity contribution in [3.8, 4) is 17.0 Å². The number of pyridine rings is 2. The van der Waals surface area contributed by atoms with Crippen molar-refractivity contribution in [1.82, 2.24) is 15.3 Å². The van der Waals surface area contributed by atoms with Crippen molar-refractivity contribution in [2.75, 3.05) is 55.9 Å². The summed E-state index contributed by atoms with van der Waals surface area (Å²) in [6, 6.07) is 17.1. The number of fused-ring (bicyclic) bond motifs is 2. The molecular weight excluding hydrogens is 525 g/mol. The molecule has 0 saturated carbocycles. The van der Waals surface area contributed by atoms with Gasteiger partial charge in [0.05, 0.1) is 54.6 Å². The minimum atomic E-state index is -0.195. The summed E-state index contributed by atoms with van der Waals surface area (Å²) < 4.78 is 11.3. The van der Waals surface area contributed by atoms with Gasteiger partial charge < -0.3 is 24.6 Å². The number of anilines is 2. The monoisotopic (exact) mass is 549 g/mol.